The number of hydrogen-bond donors (Lipinski definition) is 1. The Labute approximate surface area is 105 Å². The van der Waals surface area contributed by atoms with E-state index in [1.165, 1.54) is 10.4 Å². The number of nitrogens with one attached hydrogen (secondary N) is 1. The zero-order valence-electron chi connectivity index (χ0n) is 10.3. The molecular formula is C14H16FNS. The third kappa shape index (κ3) is 2.67. The maximum absolute atomic E-state index is 13.4. The van der Waals surface area contributed by atoms with Gasteiger partial charge in [-0.2, -0.15) is 0 Å². The molecule has 1 heterocycles. The summed E-state index contributed by atoms with van der Waals surface area (Å²) >= 11 is 1.73. The van der Waals surface area contributed by atoms with Crippen LogP contribution in [0.15, 0.2) is 29.6 Å². The van der Waals surface area contributed by atoms with Gasteiger partial charge in [-0.1, -0.05) is 6.07 Å². The largest absolute Gasteiger partial charge is 0.378 e. The van der Waals surface area contributed by atoms with Gasteiger partial charge in [-0.15, -0.1) is 11.3 Å². The van der Waals surface area contributed by atoms with E-state index in [0.29, 0.717) is 5.56 Å². The maximum Gasteiger partial charge on any atom is 0.128 e. The van der Waals surface area contributed by atoms with Gasteiger partial charge in [0.05, 0.1) is 6.04 Å². The molecule has 1 atom stereocenters. The minimum atomic E-state index is -0.162. The molecule has 1 aromatic carbocycles. The lowest BCUT2D eigenvalue weighted by molar-refractivity contribution is 0.618. The van der Waals surface area contributed by atoms with E-state index in [1.54, 1.807) is 30.4 Å². The Morgan fingerprint density at radius 2 is 1.94 bits per heavy atom. The highest BCUT2D eigenvalue weighted by atomic mass is 32.1. The van der Waals surface area contributed by atoms with Gasteiger partial charge in [0.2, 0.25) is 0 Å². The van der Waals surface area contributed by atoms with Gasteiger partial charge in [-0.25, -0.2) is 4.39 Å². The number of rotatable bonds is 3. The molecule has 0 saturated carbocycles. The van der Waals surface area contributed by atoms with Crippen LogP contribution in [-0.2, 0) is 0 Å². The van der Waals surface area contributed by atoms with Gasteiger partial charge in [0.15, 0.2) is 0 Å². The van der Waals surface area contributed by atoms with Crippen molar-refractivity contribution in [3.05, 3.63) is 51.5 Å². The summed E-state index contributed by atoms with van der Waals surface area (Å²) in [6.07, 6.45) is 0. The standard InChI is InChI=1S/C14H16FNS/c1-9-4-5-12(8-13(9)15)16-11(3)14-10(2)6-7-17-14/h4-8,11,16H,1-3H3. The Kier molecular flexibility index (Phi) is 3.48. The van der Waals surface area contributed by atoms with E-state index in [-0.39, 0.29) is 11.9 Å². The predicted molar refractivity (Wildman–Crippen MR) is 72.2 cm³/mol. The molecule has 0 aliphatic heterocycles. The van der Waals surface area contributed by atoms with Gasteiger partial charge in [0, 0.05) is 10.6 Å². The average Bonchev–Trinajstić information content (AvgIpc) is 2.70. The summed E-state index contributed by atoms with van der Waals surface area (Å²) in [4.78, 5) is 1.30. The Balaban J connectivity index is 2.16. The number of thiophene rings is 1. The quantitative estimate of drug-likeness (QED) is 0.833. The highest BCUT2D eigenvalue weighted by molar-refractivity contribution is 7.10. The topological polar surface area (TPSA) is 12.0 Å². The van der Waals surface area contributed by atoms with E-state index in [2.05, 4.69) is 30.6 Å². The molecule has 0 radical (unpaired) electrons. The van der Waals surface area contributed by atoms with Gasteiger partial charge < -0.3 is 5.32 Å². The van der Waals surface area contributed by atoms with Crippen molar-refractivity contribution in [3.8, 4) is 0 Å². The van der Waals surface area contributed by atoms with Crippen LogP contribution in [0.5, 0.6) is 0 Å². The Hall–Kier alpha value is -1.35. The molecule has 1 unspecified atom stereocenters. The number of benzene rings is 1. The predicted octanol–water partition coefficient (Wildman–Crippen LogP) is 4.68. The fraction of sp³-hybridized carbons (Fsp3) is 0.286. The molecule has 2 aromatic rings. The molecule has 0 amide bonds. The van der Waals surface area contributed by atoms with Crippen LogP contribution < -0.4 is 5.32 Å². The third-order valence-electron chi connectivity index (χ3n) is 2.85. The van der Waals surface area contributed by atoms with Crippen LogP contribution in [0.1, 0.15) is 29.0 Å². The first-order valence-corrected chi connectivity index (χ1v) is 6.52. The summed E-state index contributed by atoms with van der Waals surface area (Å²) in [5.74, 6) is -0.162. The second-order valence-corrected chi connectivity index (χ2v) is 5.25. The molecule has 0 aliphatic rings. The SMILES string of the molecule is Cc1ccc(NC(C)c2sccc2C)cc1F. The second-order valence-electron chi connectivity index (χ2n) is 4.30. The molecule has 0 saturated heterocycles. The van der Waals surface area contributed by atoms with Crippen molar-refractivity contribution in [2.45, 2.75) is 26.8 Å². The fourth-order valence-corrected chi connectivity index (χ4v) is 2.76. The molecule has 0 aliphatic carbocycles. The van der Waals surface area contributed by atoms with Gasteiger partial charge >= 0.3 is 0 Å². The monoisotopic (exact) mass is 249 g/mol. The third-order valence-corrected chi connectivity index (χ3v) is 4.05. The molecule has 0 fully saturated rings. The summed E-state index contributed by atoms with van der Waals surface area (Å²) < 4.78 is 13.4. The Morgan fingerprint density at radius 3 is 2.53 bits per heavy atom. The molecule has 1 aromatic heterocycles. The zero-order chi connectivity index (χ0) is 12.4. The fourth-order valence-electron chi connectivity index (χ4n) is 1.83. The van der Waals surface area contributed by atoms with Crippen LogP contribution in [0.4, 0.5) is 10.1 Å². The number of hydrogen-bond acceptors (Lipinski definition) is 2. The normalized spacial score (nSPS) is 12.5. The minimum absolute atomic E-state index is 0.162. The Morgan fingerprint density at radius 1 is 1.18 bits per heavy atom. The van der Waals surface area contributed by atoms with Crippen LogP contribution in [0.2, 0.25) is 0 Å². The van der Waals surface area contributed by atoms with Gasteiger partial charge in [0.1, 0.15) is 5.82 Å². The van der Waals surface area contributed by atoms with Crippen LogP contribution in [-0.4, -0.2) is 0 Å². The number of anilines is 1. The highest BCUT2D eigenvalue weighted by Crippen LogP contribution is 2.27. The summed E-state index contributed by atoms with van der Waals surface area (Å²) in [5, 5.41) is 5.41. The van der Waals surface area contributed by atoms with E-state index in [9.17, 15) is 4.39 Å². The molecule has 17 heavy (non-hydrogen) atoms. The average molecular weight is 249 g/mol. The molecule has 0 bridgehead atoms. The van der Waals surface area contributed by atoms with Crippen molar-refractivity contribution >= 4 is 17.0 Å². The van der Waals surface area contributed by atoms with Crippen molar-refractivity contribution in [2.24, 2.45) is 0 Å². The molecule has 90 valence electrons. The highest BCUT2D eigenvalue weighted by Gasteiger charge is 2.10. The van der Waals surface area contributed by atoms with Crippen LogP contribution in [0.3, 0.4) is 0 Å². The van der Waals surface area contributed by atoms with E-state index >= 15 is 0 Å². The van der Waals surface area contributed by atoms with Gasteiger partial charge in [0.25, 0.3) is 0 Å². The molecule has 2 rings (SSSR count). The van der Waals surface area contributed by atoms with E-state index in [0.717, 1.165) is 5.69 Å². The minimum Gasteiger partial charge on any atom is -0.378 e. The molecular weight excluding hydrogens is 233 g/mol. The first kappa shape index (κ1) is 12.1. The molecule has 0 spiro atoms. The molecule has 3 heteroatoms. The van der Waals surface area contributed by atoms with Crippen molar-refractivity contribution in [1.29, 1.82) is 0 Å². The zero-order valence-corrected chi connectivity index (χ0v) is 11.1. The molecule has 1 N–H and O–H groups in total. The second kappa shape index (κ2) is 4.88. The lowest BCUT2D eigenvalue weighted by Gasteiger charge is -2.15. The van der Waals surface area contributed by atoms with Crippen molar-refractivity contribution in [2.75, 3.05) is 5.32 Å². The molecule has 1 nitrogen and oxygen atoms in total. The summed E-state index contributed by atoms with van der Waals surface area (Å²) in [6.45, 7) is 5.96. The van der Waals surface area contributed by atoms with Crippen LogP contribution >= 0.6 is 11.3 Å². The van der Waals surface area contributed by atoms with E-state index in [4.69, 9.17) is 0 Å². The summed E-state index contributed by atoms with van der Waals surface area (Å²) in [5.41, 5.74) is 2.78. The van der Waals surface area contributed by atoms with E-state index < -0.39 is 0 Å². The lowest BCUT2D eigenvalue weighted by Crippen LogP contribution is -2.06. The van der Waals surface area contributed by atoms with Crippen LogP contribution in [0, 0.1) is 19.7 Å². The smallest absolute Gasteiger partial charge is 0.128 e. The van der Waals surface area contributed by atoms with Crippen molar-refractivity contribution < 1.29 is 4.39 Å². The first-order valence-electron chi connectivity index (χ1n) is 5.64. The summed E-state index contributed by atoms with van der Waals surface area (Å²) in [7, 11) is 0. The van der Waals surface area contributed by atoms with Gasteiger partial charge in [-0.3, -0.25) is 0 Å². The Bertz CT molecular complexity index is 519. The number of halogens is 1. The lowest BCUT2D eigenvalue weighted by atomic mass is 10.1. The summed E-state index contributed by atoms with van der Waals surface area (Å²) in [6, 6.07) is 7.57. The van der Waals surface area contributed by atoms with Crippen molar-refractivity contribution in [1.82, 2.24) is 0 Å². The number of aryl methyl sites for hydroxylation is 2. The van der Waals surface area contributed by atoms with Crippen molar-refractivity contribution in [3.63, 3.8) is 0 Å². The van der Waals surface area contributed by atoms with Gasteiger partial charge in [-0.05, 0) is 55.5 Å². The maximum atomic E-state index is 13.4. The van der Waals surface area contributed by atoms with Crippen LogP contribution in [0.25, 0.3) is 0 Å². The first-order chi connectivity index (χ1) is 8.08. The van der Waals surface area contributed by atoms with E-state index in [1.807, 2.05) is 6.07 Å².